The number of amides is 1. The fraction of sp³-hybridized carbons (Fsp3) is 0.842. The van der Waals surface area contributed by atoms with Crippen molar-refractivity contribution in [2.75, 3.05) is 5.75 Å². The summed E-state index contributed by atoms with van der Waals surface area (Å²) in [7, 11) is -1.30. The van der Waals surface area contributed by atoms with Crippen LogP contribution in [0.5, 0.6) is 0 Å². The highest BCUT2D eigenvalue weighted by Gasteiger charge is 2.37. The molecule has 1 heterocycles. The molecule has 0 N–H and O–H groups in total. The number of carbonyl (C=O) groups excluding carboxylic acids is 1. The van der Waals surface area contributed by atoms with Crippen molar-refractivity contribution in [1.82, 2.24) is 4.31 Å². The molecule has 0 aromatic heterocycles. The second-order valence-corrected chi connectivity index (χ2v) is 10.2. The molecule has 0 spiro atoms. The summed E-state index contributed by atoms with van der Waals surface area (Å²) in [5.41, 5.74) is -0.391. The van der Waals surface area contributed by atoms with Gasteiger partial charge in [0.05, 0.1) is 4.24 Å². The number of hydrogen-bond acceptors (Lipinski definition) is 3. The van der Waals surface area contributed by atoms with Gasteiger partial charge in [-0.1, -0.05) is 64.7 Å². The third-order valence-corrected chi connectivity index (χ3v) is 7.33. The predicted octanol–water partition coefficient (Wildman–Crippen LogP) is 5.79. The van der Waals surface area contributed by atoms with E-state index < -0.39 is 16.5 Å². The lowest BCUT2D eigenvalue weighted by atomic mass is 10.1. The minimum absolute atomic E-state index is 0.119. The molecule has 1 aliphatic heterocycles. The normalized spacial score (nSPS) is 18.3. The van der Waals surface area contributed by atoms with Crippen LogP contribution >= 0.6 is 11.8 Å². The van der Waals surface area contributed by atoms with Crippen LogP contribution in [0.1, 0.15) is 91.9 Å². The predicted molar refractivity (Wildman–Crippen MR) is 107 cm³/mol. The van der Waals surface area contributed by atoms with Crippen molar-refractivity contribution < 1.29 is 9.00 Å². The van der Waals surface area contributed by atoms with Gasteiger partial charge in [-0.05, 0) is 32.9 Å². The van der Waals surface area contributed by atoms with E-state index in [1.165, 1.54) is 62.1 Å². The van der Waals surface area contributed by atoms with E-state index in [1.54, 1.807) is 17.8 Å². The second kappa shape index (κ2) is 11.3. The maximum absolute atomic E-state index is 12.4. The Morgan fingerprint density at radius 3 is 1.92 bits per heavy atom. The van der Waals surface area contributed by atoms with Crippen LogP contribution in [0.2, 0.25) is 0 Å². The summed E-state index contributed by atoms with van der Waals surface area (Å²) < 4.78 is 14.6. The molecule has 140 valence electrons. The van der Waals surface area contributed by atoms with E-state index in [0.29, 0.717) is 0 Å². The molecule has 1 atom stereocenters. The van der Waals surface area contributed by atoms with Crippen molar-refractivity contribution in [3.05, 3.63) is 10.3 Å². The standard InChI is InChI=1S/C19H35NO2S2/c1-5-6-7-8-9-10-11-12-13-14-15-23-18-16-17(21)20(24(18)22)19(2,3)4/h16H,5-15H2,1-4H3. The molecule has 0 radical (unpaired) electrons. The molecule has 0 fully saturated rings. The fourth-order valence-corrected chi connectivity index (χ4v) is 5.52. The molecule has 0 aromatic carbocycles. The van der Waals surface area contributed by atoms with E-state index in [0.717, 1.165) is 16.4 Å². The second-order valence-electron chi connectivity index (χ2n) is 7.55. The highest BCUT2D eigenvalue weighted by atomic mass is 32.2. The Balaban J connectivity index is 2.07. The van der Waals surface area contributed by atoms with Gasteiger partial charge >= 0.3 is 0 Å². The van der Waals surface area contributed by atoms with Gasteiger partial charge in [0.25, 0.3) is 5.91 Å². The van der Waals surface area contributed by atoms with Crippen LogP contribution in [0.25, 0.3) is 0 Å². The molecule has 1 amide bonds. The van der Waals surface area contributed by atoms with Gasteiger partial charge in [0.15, 0.2) is 11.0 Å². The maximum atomic E-state index is 12.4. The Hall–Kier alpha value is -0.290. The van der Waals surface area contributed by atoms with Crippen molar-refractivity contribution in [1.29, 1.82) is 0 Å². The molecule has 0 aromatic rings. The lowest BCUT2D eigenvalue weighted by Crippen LogP contribution is -2.43. The first kappa shape index (κ1) is 21.8. The number of hydrogen-bond donors (Lipinski definition) is 0. The molecule has 24 heavy (non-hydrogen) atoms. The SMILES string of the molecule is CCCCCCCCCCCCSC1=CC(=O)N(C(C)(C)C)S1=O. The molecule has 0 bridgehead atoms. The molecule has 1 unspecified atom stereocenters. The van der Waals surface area contributed by atoms with Crippen molar-refractivity contribution in [3.8, 4) is 0 Å². The fourth-order valence-electron chi connectivity index (χ4n) is 2.82. The van der Waals surface area contributed by atoms with Gasteiger partial charge in [0.1, 0.15) is 0 Å². The Bertz CT molecular complexity index is 441. The van der Waals surface area contributed by atoms with Gasteiger partial charge in [-0.2, -0.15) is 0 Å². The van der Waals surface area contributed by atoms with E-state index in [1.807, 2.05) is 20.8 Å². The summed E-state index contributed by atoms with van der Waals surface area (Å²) >= 11 is 1.59. The number of rotatable bonds is 12. The maximum Gasteiger partial charge on any atom is 0.260 e. The zero-order valence-corrected chi connectivity index (χ0v) is 17.6. The van der Waals surface area contributed by atoms with Gasteiger partial charge in [-0.15, -0.1) is 11.8 Å². The van der Waals surface area contributed by atoms with Gasteiger partial charge < -0.3 is 0 Å². The van der Waals surface area contributed by atoms with Crippen LogP contribution in [0, 0.1) is 0 Å². The summed E-state index contributed by atoms with van der Waals surface area (Å²) in [6.07, 6.45) is 14.8. The molecule has 1 rings (SSSR count). The van der Waals surface area contributed by atoms with Crippen molar-refractivity contribution in [2.45, 2.75) is 97.4 Å². The van der Waals surface area contributed by atoms with Crippen LogP contribution in [0.15, 0.2) is 10.3 Å². The minimum atomic E-state index is -1.30. The van der Waals surface area contributed by atoms with Crippen molar-refractivity contribution in [3.63, 3.8) is 0 Å². The van der Waals surface area contributed by atoms with Crippen molar-refractivity contribution >= 4 is 28.7 Å². The Morgan fingerprint density at radius 1 is 0.958 bits per heavy atom. The molecule has 0 saturated carbocycles. The summed E-state index contributed by atoms with van der Waals surface area (Å²) in [4.78, 5) is 12.0. The smallest absolute Gasteiger partial charge is 0.260 e. The molecule has 0 aliphatic carbocycles. The largest absolute Gasteiger partial charge is 0.269 e. The summed E-state index contributed by atoms with van der Waals surface area (Å²) in [6, 6.07) is 0. The van der Waals surface area contributed by atoms with Gasteiger partial charge in [-0.3, -0.25) is 4.79 Å². The van der Waals surface area contributed by atoms with E-state index in [2.05, 4.69) is 6.92 Å². The summed E-state index contributed by atoms with van der Waals surface area (Å²) in [5, 5.41) is 0. The van der Waals surface area contributed by atoms with Gasteiger partial charge in [-0.25, -0.2) is 8.51 Å². The first-order valence-corrected chi connectivity index (χ1v) is 11.6. The van der Waals surface area contributed by atoms with Crippen LogP contribution < -0.4 is 0 Å². The third-order valence-electron chi connectivity index (χ3n) is 4.13. The molecule has 0 saturated heterocycles. The average Bonchev–Trinajstić information content (AvgIpc) is 2.78. The molecule has 3 nitrogen and oxygen atoms in total. The molecule has 5 heteroatoms. The Morgan fingerprint density at radius 2 is 1.46 bits per heavy atom. The topological polar surface area (TPSA) is 37.4 Å². The lowest BCUT2D eigenvalue weighted by Gasteiger charge is -2.29. The molecule has 1 aliphatic rings. The lowest BCUT2D eigenvalue weighted by molar-refractivity contribution is -0.123. The van der Waals surface area contributed by atoms with E-state index >= 15 is 0 Å². The van der Waals surface area contributed by atoms with E-state index in [9.17, 15) is 9.00 Å². The third kappa shape index (κ3) is 7.73. The first-order valence-electron chi connectivity index (χ1n) is 9.48. The van der Waals surface area contributed by atoms with Crippen LogP contribution in [-0.2, 0) is 15.8 Å². The molecular weight excluding hydrogens is 338 g/mol. The number of unbranched alkanes of at least 4 members (excludes halogenated alkanes) is 9. The Labute approximate surface area is 155 Å². The van der Waals surface area contributed by atoms with Crippen LogP contribution in [0.3, 0.4) is 0 Å². The van der Waals surface area contributed by atoms with Crippen LogP contribution in [-0.4, -0.2) is 25.7 Å². The van der Waals surface area contributed by atoms with Gasteiger partial charge in [0.2, 0.25) is 0 Å². The number of thioether (sulfide) groups is 1. The van der Waals surface area contributed by atoms with Gasteiger partial charge in [0, 0.05) is 11.6 Å². The zero-order valence-electron chi connectivity index (χ0n) is 15.9. The molecular formula is C19H35NO2S2. The van der Waals surface area contributed by atoms with Crippen molar-refractivity contribution in [2.24, 2.45) is 0 Å². The van der Waals surface area contributed by atoms with Crippen LogP contribution in [0.4, 0.5) is 0 Å². The average molecular weight is 374 g/mol. The van der Waals surface area contributed by atoms with E-state index in [-0.39, 0.29) is 5.91 Å². The van der Waals surface area contributed by atoms with E-state index in [4.69, 9.17) is 0 Å². The zero-order chi connectivity index (χ0) is 18.0. The number of nitrogens with zero attached hydrogens (tertiary/aromatic N) is 1. The highest BCUT2D eigenvalue weighted by molar-refractivity contribution is 8.16. The first-order chi connectivity index (χ1) is 11.4. The quantitative estimate of drug-likeness (QED) is 0.407. The minimum Gasteiger partial charge on any atom is -0.269 e. The summed E-state index contributed by atoms with van der Waals surface area (Å²) in [6.45, 7) is 8.03. The monoisotopic (exact) mass is 373 g/mol. The number of carbonyl (C=O) groups is 1. The summed E-state index contributed by atoms with van der Waals surface area (Å²) in [5.74, 6) is 0.839. The Kier molecular flexibility index (Phi) is 10.3. The highest BCUT2D eigenvalue weighted by Crippen LogP contribution is 2.33.